The maximum Gasteiger partial charge on any atom is 0.284 e. The van der Waals surface area contributed by atoms with Gasteiger partial charge in [-0.15, -0.1) is 5.10 Å². The highest BCUT2D eigenvalue weighted by atomic mass is 16.2. The maximum absolute atomic E-state index is 12.9. The van der Waals surface area contributed by atoms with Gasteiger partial charge in [0.25, 0.3) is 11.5 Å². The Bertz CT molecular complexity index is 1110. The van der Waals surface area contributed by atoms with Gasteiger partial charge in [-0.05, 0) is 44.0 Å². The van der Waals surface area contributed by atoms with Crippen LogP contribution in [-0.2, 0) is 9.59 Å². The van der Waals surface area contributed by atoms with E-state index in [4.69, 9.17) is 0 Å². The van der Waals surface area contributed by atoms with E-state index in [1.54, 1.807) is 0 Å². The second-order valence-electron chi connectivity index (χ2n) is 6.64. The number of carbonyl (C=O) groups excluding carboxylic acids is 2. The van der Waals surface area contributed by atoms with E-state index in [2.05, 4.69) is 15.3 Å². The van der Waals surface area contributed by atoms with Crippen LogP contribution in [0.5, 0.6) is 0 Å². The lowest BCUT2D eigenvalue weighted by molar-refractivity contribution is -0.137. The number of benzene rings is 1. The molecule has 3 aromatic rings. The van der Waals surface area contributed by atoms with E-state index in [9.17, 15) is 14.4 Å². The molecule has 140 valence electrons. The van der Waals surface area contributed by atoms with Crippen molar-refractivity contribution in [3.63, 3.8) is 0 Å². The summed E-state index contributed by atoms with van der Waals surface area (Å²) in [7, 11) is 3.04. The molecule has 0 unspecified atom stereocenters. The molecular weight excluding hydrogens is 348 g/mol. The number of amides is 1. The van der Waals surface area contributed by atoms with Crippen molar-refractivity contribution in [1.82, 2.24) is 29.4 Å². The van der Waals surface area contributed by atoms with Gasteiger partial charge in [0.15, 0.2) is 23.0 Å². The molecule has 0 aliphatic heterocycles. The molecule has 0 fully saturated rings. The smallest absolute Gasteiger partial charge is 0.284 e. The molecule has 1 aromatic carbocycles. The van der Waals surface area contributed by atoms with Crippen LogP contribution in [0.3, 0.4) is 0 Å². The highest BCUT2D eigenvalue weighted by molar-refractivity contribution is 6.02. The Morgan fingerprint density at radius 2 is 1.85 bits per heavy atom. The zero-order valence-electron chi connectivity index (χ0n) is 15.8. The SMILES string of the molecule is CC(=O)[C@H](C(=O)N(C)C)n1cnc2c(nnn2-c2ccc(C)c(C)c2)c1=O. The standard InChI is InChI=1S/C18H20N6O3/c1-10-6-7-13(8-11(10)2)24-16-14(20-21-24)17(26)23(9-19-16)15(12(3)25)18(27)22(4)5/h6-9,15H,1-5H3/t15-/m1/s1. The van der Waals surface area contributed by atoms with E-state index in [0.717, 1.165) is 21.4 Å². The van der Waals surface area contributed by atoms with Crippen LogP contribution in [0, 0.1) is 13.8 Å². The van der Waals surface area contributed by atoms with Crippen LogP contribution in [0.2, 0.25) is 0 Å². The molecule has 0 saturated heterocycles. The number of hydrogen-bond acceptors (Lipinski definition) is 6. The van der Waals surface area contributed by atoms with E-state index >= 15 is 0 Å². The van der Waals surface area contributed by atoms with Crippen molar-refractivity contribution in [2.24, 2.45) is 0 Å². The number of rotatable bonds is 4. The minimum absolute atomic E-state index is 0.00599. The summed E-state index contributed by atoms with van der Waals surface area (Å²) in [6.45, 7) is 5.23. The number of hydrogen-bond donors (Lipinski definition) is 0. The number of carbonyl (C=O) groups is 2. The number of nitrogens with zero attached hydrogens (tertiary/aromatic N) is 6. The summed E-state index contributed by atoms with van der Waals surface area (Å²) in [4.78, 5) is 42.7. The Kier molecular flexibility index (Phi) is 4.61. The number of aryl methyl sites for hydroxylation is 2. The third kappa shape index (κ3) is 3.12. The average Bonchev–Trinajstić information content (AvgIpc) is 3.04. The van der Waals surface area contributed by atoms with Crippen molar-refractivity contribution in [2.75, 3.05) is 14.1 Å². The van der Waals surface area contributed by atoms with Crippen LogP contribution >= 0.6 is 0 Å². The maximum atomic E-state index is 12.9. The number of Topliss-reactive ketones (excluding diaryl/α,β-unsaturated/α-hetero) is 1. The first-order chi connectivity index (χ1) is 12.7. The fourth-order valence-electron chi connectivity index (χ4n) is 2.77. The first-order valence-corrected chi connectivity index (χ1v) is 8.34. The topological polar surface area (TPSA) is 103 Å². The summed E-state index contributed by atoms with van der Waals surface area (Å²) in [5.41, 5.74) is 2.58. The van der Waals surface area contributed by atoms with Crippen molar-refractivity contribution >= 4 is 22.9 Å². The largest absolute Gasteiger partial charge is 0.347 e. The van der Waals surface area contributed by atoms with Gasteiger partial charge in [0.2, 0.25) is 0 Å². The molecule has 0 spiro atoms. The summed E-state index contributed by atoms with van der Waals surface area (Å²) in [5.74, 6) is -0.967. The zero-order valence-corrected chi connectivity index (χ0v) is 15.8. The van der Waals surface area contributed by atoms with Gasteiger partial charge in [0.05, 0.1) is 5.69 Å². The van der Waals surface area contributed by atoms with Gasteiger partial charge in [0, 0.05) is 14.1 Å². The van der Waals surface area contributed by atoms with Gasteiger partial charge < -0.3 is 4.90 Å². The van der Waals surface area contributed by atoms with Gasteiger partial charge in [-0.25, -0.2) is 4.98 Å². The Morgan fingerprint density at radius 3 is 2.44 bits per heavy atom. The highest BCUT2D eigenvalue weighted by Gasteiger charge is 2.29. The average molecular weight is 368 g/mol. The van der Waals surface area contributed by atoms with E-state index < -0.39 is 23.3 Å². The molecule has 0 N–H and O–H groups in total. The predicted octanol–water partition coefficient (Wildman–Crippen LogP) is 0.812. The van der Waals surface area contributed by atoms with E-state index in [-0.39, 0.29) is 11.2 Å². The minimum Gasteiger partial charge on any atom is -0.347 e. The molecule has 9 nitrogen and oxygen atoms in total. The number of likely N-dealkylation sites (N-methyl/N-ethyl adjacent to an activating group) is 1. The molecule has 2 aromatic heterocycles. The third-order valence-corrected chi connectivity index (χ3v) is 4.46. The van der Waals surface area contributed by atoms with Gasteiger partial charge in [-0.1, -0.05) is 11.3 Å². The van der Waals surface area contributed by atoms with Gasteiger partial charge in [0.1, 0.15) is 6.33 Å². The summed E-state index contributed by atoms with van der Waals surface area (Å²) in [6, 6.07) is 4.44. The molecule has 1 atom stereocenters. The molecule has 9 heteroatoms. The first-order valence-electron chi connectivity index (χ1n) is 8.34. The van der Waals surface area contributed by atoms with Crippen molar-refractivity contribution in [3.05, 3.63) is 46.0 Å². The van der Waals surface area contributed by atoms with Crippen molar-refractivity contribution in [3.8, 4) is 5.69 Å². The fraction of sp³-hybridized carbons (Fsp3) is 0.333. The Labute approximate surface area is 155 Å². The van der Waals surface area contributed by atoms with E-state index in [1.165, 1.54) is 36.9 Å². The molecule has 0 aliphatic carbocycles. The Morgan fingerprint density at radius 1 is 1.15 bits per heavy atom. The summed E-state index contributed by atoms with van der Waals surface area (Å²) in [5, 5.41) is 7.97. The quantitative estimate of drug-likeness (QED) is 0.632. The lowest BCUT2D eigenvalue weighted by atomic mass is 10.1. The van der Waals surface area contributed by atoms with Crippen LogP contribution in [0.25, 0.3) is 16.9 Å². The Hall–Kier alpha value is -3.36. The van der Waals surface area contributed by atoms with E-state index in [1.807, 2.05) is 32.0 Å². The minimum atomic E-state index is -1.28. The summed E-state index contributed by atoms with van der Waals surface area (Å²) >= 11 is 0. The number of fused-ring (bicyclic) bond motifs is 1. The number of aromatic nitrogens is 5. The lowest BCUT2D eigenvalue weighted by Crippen LogP contribution is -2.40. The summed E-state index contributed by atoms with van der Waals surface area (Å²) < 4.78 is 2.47. The highest BCUT2D eigenvalue weighted by Crippen LogP contribution is 2.17. The zero-order chi connectivity index (χ0) is 19.9. The van der Waals surface area contributed by atoms with Crippen molar-refractivity contribution in [2.45, 2.75) is 26.8 Å². The van der Waals surface area contributed by atoms with Crippen LogP contribution in [0.4, 0.5) is 0 Å². The Balaban J connectivity index is 2.17. The third-order valence-electron chi connectivity index (χ3n) is 4.46. The molecule has 27 heavy (non-hydrogen) atoms. The molecular formula is C18H20N6O3. The van der Waals surface area contributed by atoms with Crippen LogP contribution in [0.15, 0.2) is 29.3 Å². The fourth-order valence-corrected chi connectivity index (χ4v) is 2.77. The molecule has 0 radical (unpaired) electrons. The molecule has 0 aliphatic rings. The predicted molar refractivity (Wildman–Crippen MR) is 98.8 cm³/mol. The second kappa shape index (κ2) is 6.75. The molecule has 1 amide bonds. The summed E-state index contributed by atoms with van der Waals surface area (Å²) in [6.07, 6.45) is 1.19. The van der Waals surface area contributed by atoms with Gasteiger partial charge in [-0.2, -0.15) is 4.68 Å². The van der Waals surface area contributed by atoms with Crippen LogP contribution in [-0.4, -0.2) is 55.2 Å². The lowest BCUT2D eigenvalue weighted by Gasteiger charge is -2.19. The monoisotopic (exact) mass is 368 g/mol. The van der Waals surface area contributed by atoms with Crippen molar-refractivity contribution < 1.29 is 9.59 Å². The van der Waals surface area contributed by atoms with Crippen LogP contribution in [0.1, 0.15) is 24.1 Å². The van der Waals surface area contributed by atoms with Crippen LogP contribution < -0.4 is 5.56 Å². The molecule has 0 bridgehead atoms. The second-order valence-corrected chi connectivity index (χ2v) is 6.64. The number of ketones is 1. The normalized spacial score (nSPS) is 12.2. The van der Waals surface area contributed by atoms with Crippen molar-refractivity contribution in [1.29, 1.82) is 0 Å². The molecule has 0 saturated carbocycles. The van der Waals surface area contributed by atoms with E-state index in [0.29, 0.717) is 0 Å². The van der Waals surface area contributed by atoms with Gasteiger partial charge in [-0.3, -0.25) is 19.0 Å². The first kappa shape index (κ1) is 18.4. The molecule has 3 rings (SSSR count). The van der Waals surface area contributed by atoms with Gasteiger partial charge >= 0.3 is 0 Å². The molecule has 2 heterocycles.